The van der Waals surface area contributed by atoms with Crippen LogP contribution in [0.5, 0.6) is 0 Å². The summed E-state index contributed by atoms with van der Waals surface area (Å²) in [6, 6.07) is 3.46. The topological polar surface area (TPSA) is 38.3 Å². The molecule has 1 aliphatic heterocycles. The fourth-order valence-electron chi connectivity index (χ4n) is 2.42. The molecule has 0 aliphatic carbocycles. The summed E-state index contributed by atoms with van der Waals surface area (Å²) >= 11 is 12.2. The number of aryl methyl sites for hydroxylation is 1. The zero-order valence-electron chi connectivity index (χ0n) is 11.7. The van der Waals surface area contributed by atoms with Gasteiger partial charge in [0.05, 0.1) is 10.6 Å². The third-order valence-corrected chi connectivity index (χ3v) is 3.97. The van der Waals surface area contributed by atoms with Crippen molar-refractivity contribution in [1.29, 1.82) is 0 Å². The lowest BCUT2D eigenvalue weighted by Gasteiger charge is -2.21. The van der Waals surface area contributed by atoms with Crippen molar-refractivity contribution in [1.82, 2.24) is 5.32 Å². The largest absolute Gasteiger partial charge is 0.385 e. The summed E-state index contributed by atoms with van der Waals surface area (Å²) in [4.78, 5) is 12.2. The fraction of sp³-hybridized carbons (Fsp3) is 0.400. The maximum atomic E-state index is 12.2. The van der Waals surface area contributed by atoms with E-state index in [4.69, 9.17) is 27.9 Å². The van der Waals surface area contributed by atoms with E-state index in [1.807, 2.05) is 26.0 Å². The van der Waals surface area contributed by atoms with Crippen molar-refractivity contribution < 1.29 is 9.53 Å². The molecule has 20 heavy (non-hydrogen) atoms. The molecule has 1 aromatic carbocycles. The highest BCUT2D eigenvalue weighted by molar-refractivity contribution is 6.38. The Morgan fingerprint density at radius 3 is 2.65 bits per heavy atom. The third-order valence-electron chi connectivity index (χ3n) is 3.45. The van der Waals surface area contributed by atoms with Gasteiger partial charge in [-0.25, -0.2) is 0 Å². The van der Waals surface area contributed by atoms with Crippen LogP contribution in [0.25, 0.3) is 5.57 Å². The minimum Gasteiger partial charge on any atom is -0.385 e. The number of carbonyl (C=O) groups is 1. The van der Waals surface area contributed by atoms with Crippen LogP contribution in [0.15, 0.2) is 18.2 Å². The molecule has 1 aliphatic rings. The normalized spacial score (nSPS) is 21.9. The summed E-state index contributed by atoms with van der Waals surface area (Å²) < 4.78 is 5.08. The highest BCUT2D eigenvalue weighted by Gasteiger charge is 2.34. The fourth-order valence-corrected chi connectivity index (χ4v) is 3.12. The highest BCUT2D eigenvalue weighted by atomic mass is 35.5. The first-order chi connectivity index (χ1) is 9.36. The van der Waals surface area contributed by atoms with Crippen molar-refractivity contribution in [3.05, 3.63) is 39.4 Å². The Morgan fingerprint density at radius 2 is 2.05 bits per heavy atom. The van der Waals surface area contributed by atoms with E-state index < -0.39 is 5.54 Å². The standard InChI is InChI=1S/C15H17Cl2NO2/c1-9-6-10(16)7-12(17)13(9)11-8-15(2,4-5-20-3)18-14(11)19/h6-8H,4-5H2,1-3H3,(H,18,19). The number of nitrogens with one attached hydrogen (secondary N) is 1. The molecule has 2 rings (SSSR count). The average molecular weight is 314 g/mol. The number of halogens is 2. The SMILES string of the molecule is COCCC1(C)C=C(c2c(C)cc(Cl)cc2Cl)C(=O)N1. The molecule has 1 atom stereocenters. The minimum absolute atomic E-state index is 0.115. The van der Waals surface area contributed by atoms with Gasteiger partial charge in [0.15, 0.2) is 0 Å². The molecule has 0 spiro atoms. The number of hydrogen-bond acceptors (Lipinski definition) is 2. The lowest BCUT2D eigenvalue weighted by atomic mass is 9.95. The van der Waals surface area contributed by atoms with Gasteiger partial charge in [-0.15, -0.1) is 0 Å². The van der Waals surface area contributed by atoms with E-state index in [0.29, 0.717) is 28.6 Å². The summed E-state index contributed by atoms with van der Waals surface area (Å²) in [5.41, 5.74) is 1.83. The van der Waals surface area contributed by atoms with Gasteiger partial charge in [-0.05, 0) is 44.0 Å². The first-order valence-corrected chi connectivity index (χ1v) is 7.12. The highest BCUT2D eigenvalue weighted by Crippen LogP contribution is 2.35. The zero-order chi connectivity index (χ0) is 14.9. The molecule has 1 N–H and O–H groups in total. The first kappa shape index (κ1) is 15.4. The van der Waals surface area contributed by atoms with Gasteiger partial charge in [0.25, 0.3) is 5.91 Å². The number of carbonyl (C=O) groups excluding carboxylic acids is 1. The number of benzene rings is 1. The molecule has 1 unspecified atom stereocenters. The first-order valence-electron chi connectivity index (χ1n) is 6.36. The Balaban J connectivity index is 2.42. The Morgan fingerprint density at radius 1 is 1.35 bits per heavy atom. The monoisotopic (exact) mass is 313 g/mol. The Labute approximate surface area is 128 Å². The Hall–Kier alpha value is -1.03. The van der Waals surface area contributed by atoms with Gasteiger partial charge in [0, 0.05) is 29.9 Å². The van der Waals surface area contributed by atoms with E-state index in [1.54, 1.807) is 13.2 Å². The van der Waals surface area contributed by atoms with Crippen LogP contribution in [0.3, 0.4) is 0 Å². The van der Waals surface area contributed by atoms with E-state index in [9.17, 15) is 4.79 Å². The smallest absolute Gasteiger partial charge is 0.252 e. The second-order valence-electron chi connectivity index (χ2n) is 5.25. The van der Waals surface area contributed by atoms with Crippen LogP contribution in [-0.4, -0.2) is 25.2 Å². The molecule has 108 valence electrons. The van der Waals surface area contributed by atoms with Crippen molar-refractivity contribution >= 4 is 34.7 Å². The molecule has 1 heterocycles. The second kappa shape index (κ2) is 5.76. The zero-order valence-corrected chi connectivity index (χ0v) is 13.2. The number of hydrogen-bond donors (Lipinski definition) is 1. The quantitative estimate of drug-likeness (QED) is 0.922. The predicted octanol–water partition coefficient (Wildman–Crippen LogP) is 3.61. The molecular formula is C15H17Cl2NO2. The number of ether oxygens (including phenoxy) is 1. The molecular weight excluding hydrogens is 297 g/mol. The summed E-state index contributed by atoms with van der Waals surface area (Å²) in [5.74, 6) is -0.115. The van der Waals surface area contributed by atoms with Gasteiger partial charge in [-0.3, -0.25) is 4.79 Å². The molecule has 3 nitrogen and oxygen atoms in total. The molecule has 1 aromatic rings. The van der Waals surface area contributed by atoms with E-state index in [0.717, 1.165) is 11.1 Å². The molecule has 0 fully saturated rings. The van der Waals surface area contributed by atoms with Crippen LogP contribution >= 0.6 is 23.2 Å². The van der Waals surface area contributed by atoms with E-state index in [-0.39, 0.29) is 5.91 Å². The summed E-state index contributed by atoms with van der Waals surface area (Å²) in [6.45, 7) is 4.44. The van der Waals surface area contributed by atoms with Crippen LogP contribution in [0, 0.1) is 6.92 Å². The predicted molar refractivity (Wildman–Crippen MR) is 82.2 cm³/mol. The van der Waals surface area contributed by atoms with Crippen molar-refractivity contribution in [2.75, 3.05) is 13.7 Å². The Kier molecular flexibility index (Phi) is 4.43. The minimum atomic E-state index is -0.405. The van der Waals surface area contributed by atoms with E-state index in [2.05, 4.69) is 5.32 Å². The number of amides is 1. The molecule has 0 saturated heterocycles. The van der Waals surface area contributed by atoms with Crippen LogP contribution in [-0.2, 0) is 9.53 Å². The lowest BCUT2D eigenvalue weighted by Crippen LogP contribution is -2.40. The van der Waals surface area contributed by atoms with Crippen molar-refractivity contribution in [2.45, 2.75) is 25.8 Å². The van der Waals surface area contributed by atoms with E-state index >= 15 is 0 Å². The average Bonchev–Trinajstić information content (AvgIpc) is 2.62. The van der Waals surface area contributed by atoms with Gasteiger partial charge < -0.3 is 10.1 Å². The van der Waals surface area contributed by atoms with Gasteiger partial charge in [-0.2, -0.15) is 0 Å². The summed E-state index contributed by atoms with van der Waals surface area (Å²) in [6.07, 6.45) is 2.64. The van der Waals surface area contributed by atoms with Crippen LogP contribution in [0.1, 0.15) is 24.5 Å². The maximum Gasteiger partial charge on any atom is 0.252 e. The van der Waals surface area contributed by atoms with Gasteiger partial charge in [-0.1, -0.05) is 23.2 Å². The van der Waals surface area contributed by atoms with Gasteiger partial charge >= 0.3 is 0 Å². The molecule has 5 heteroatoms. The molecule has 0 aromatic heterocycles. The van der Waals surface area contributed by atoms with Crippen LogP contribution in [0.4, 0.5) is 0 Å². The van der Waals surface area contributed by atoms with Gasteiger partial charge in [0.1, 0.15) is 0 Å². The third kappa shape index (κ3) is 3.00. The Bertz CT molecular complexity index is 560. The van der Waals surface area contributed by atoms with Crippen molar-refractivity contribution in [2.24, 2.45) is 0 Å². The molecule has 0 radical (unpaired) electrons. The number of methoxy groups -OCH3 is 1. The number of rotatable bonds is 4. The molecule has 1 amide bonds. The summed E-state index contributed by atoms with van der Waals surface area (Å²) in [7, 11) is 1.64. The lowest BCUT2D eigenvalue weighted by molar-refractivity contribution is -0.116. The van der Waals surface area contributed by atoms with E-state index in [1.165, 1.54) is 0 Å². The van der Waals surface area contributed by atoms with Crippen LogP contribution < -0.4 is 5.32 Å². The second-order valence-corrected chi connectivity index (χ2v) is 6.10. The maximum absolute atomic E-state index is 12.2. The molecule has 0 saturated carbocycles. The van der Waals surface area contributed by atoms with Crippen molar-refractivity contribution in [3.8, 4) is 0 Å². The summed E-state index contributed by atoms with van der Waals surface area (Å²) in [5, 5.41) is 4.04. The van der Waals surface area contributed by atoms with Gasteiger partial charge in [0.2, 0.25) is 0 Å². The molecule has 0 bridgehead atoms. The van der Waals surface area contributed by atoms with Crippen molar-refractivity contribution in [3.63, 3.8) is 0 Å². The van der Waals surface area contributed by atoms with Crippen LogP contribution in [0.2, 0.25) is 10.0 Å².